The molecule has 124 valence electrons. The number of carbonyl (C=O) groups excluding carboxylic acids is 1. The predicted molar refractivity (Wildman–Crippen MR) is 87.7 cm³/mol. The molecule has 0 aromatic carbocycles. The summed E-state index contributed by atoms with van der Waals surface area (Å²) in [5.74, 6) is 0. The van der Waals surface area contributed by atoms with Gasteiger partial charge in [0, 0.05) is 37.6 Å². The SMILES string of the molecule is CCCNC(=O)N1CCN(S(=O)(=O)c2ccc(CC)s2)CC1. The van der Waals surface area contributed by atoms with Crippen molar-refractivity contribution in [2.24, 2.45) is 0 Å². The molecule has 1 N–H and O–H groups in total. The molecule has 1 saturated heterocycles. The maximum atomic E-state index is 12.6. The first-order valence-corrected chi connectivity index (χ1v) is 9.86. The van der Waals surface area contributed by atoms with Crippen LogP contribution >= 0.6 is 11.3 Å². The summed E-state index contributed by atoms with van der Waals surface area (Å²) in [5, 5.41) is 2.82. The Bertz CT molecular complexity index is 605. The van der Waals surface area contributed by atoms with Crippen LogP contribution in [-0.2, 0) is 16.4 Å². The Balaban J connectivity index is 1.97. The second kappa shape index (κ2) is 7.43. The first-order chi connectivity index (χ1) is 10.5. The van der Waals surface area contributed by atoms with Gasteiger partial charge in [-0.15, -0.1) is 11.3 Å². The Hall–Kier alpha value is -1.12. The Morgan fingerprint density at radius 2 is 1.91 bits per heavy atom. The molecule has 1 aliphatic rings. The molecular weight excluding hydrogens is 322 g/mol. The van der Waals surface area contributed by atoms with Crippen molar-refractivity contribution in [2.45, 2.75) is 30.9 Å². The van der Waals surface area contributed by atoms with E-state index >= 15 is 0 Å². The van der Waals surface area contributed by atoms with E-state index in [0.717, 1.165) is 17.7 Å². The number of piperazine rings is 1. The molecule has 0 aliphatic carbocycles. The molecule has 22 heavy (non-hydrogen) atoms. The average molecular weight is 345 g/mol. The fourth-order valence-corrected chi connectivity index (χ4v) is 5.16. The third kappa shape index (κ3) is 3.80. The van der Waals surface area contributed by atoms with Gasteiger partial charge in [-0.2, -0.15) is 4.31 Å². The Morgan fingerprint density at radius 3 is 2.45 bits per heavy atom. The van der Waals surface area contributed by atoms with Gasteiger partial charge in [-0.1, -0.05) is 13.8 Å². The van der Waals surface area contributed by atoms with Crippen molar-refractivity contribution in [1.29, 1.82) is 0 Å². The Labute approximate surface area is 136 Å². The van der Waals surface area contributed by atoms with Gasteiger partial charge in [-0.05, 0) is 25.0 Å². The van der Waals surface area contributed by atoms with Crippen LogP contribution in [0.3, 0.4) is 0 Å². The molecular formula is C14H23N3O3S2. The molecule has 0 unspecified atom stereocenters. The Kier molecular flexibility index (Phi) is 5.82. The van der Waals surface area contributed by atoms with Gasteiger partial charge in [-0.3, -0.25) is 0 Å². The zero-order valence-corrected chi connectivity index (χ0v) is 14.7. The first-order valence-electron chi connectivity index (χ1n) is 7.60. The van der Waals surface area contributed by atoms with Gasteiger partial charge < -0.3 is 10.2 Å². The molecule has 1 aliphatic heterocycles. The van der Waals surface area contributed by atoms with E-state index in [-0.39, 0.29) is 6.03 Å². The topological polar surface area (TPSA) is 69.7 Å². The van der Waals surface area contributed by atoms with Crippen LogP contribution < -0.4 is 5.32 Å². The zero-order valence-electron chi connectivity index (χ0n) is 13.0. The number of nitrogens with zero attached hydrogens (tertiary/aromatic N) is 2. The number of sulfonamides is 1. The molecule has 0 saturated carbocycles. The molecule has 2 heterocycles. The first kappa shape index (κ1) is 17.2. The van der Waals surface area contributed by atoms with Crippen molar-refractivity contribution in [1.82, 2.24) is 14.5 Å². The lowest BCUT2D eigenvalue weighted by Crippen LogP contribution is -2.53. The number of rotatable bonds is 5. The zero-order chi connectivity index (χ0) is 16.2. The fourth-order valence-electron chi connectivity index (χ4n) is 2.29. The maximum Gasteiger partial charge on any atom is 0.317 e. The molecule has 2 rings (SSSR count). The van der Waals surface area contributed by atoms with E-state index in [2.05, 4.69) is 5.32 Å². The molecule has 6 nitrogen and oxygen atoms in total. The summed E-state index contributed by atoms with van der Waals surface area (Å²) >= 11 is 1.33. The number of thiophene rings is 1. The number of nitrogens with one attached hydrogen (secondary N) is 1. The minimum Gasteiger partial charge on any atom is -0.338 e. The van der Waals surface area contributed by atoms with E-state index in [1.54, 1.807) is 11.0 Å². The summed E-state index contributed by atoms with van der Waals surface area (Å²) in [6.07, 6.45) is 1.73. The van der Waals surface area contributed by atoms with E-state index in [1.807, 2.05) is 19.9 Å². The highest BCUT2D eigenvalue weighted by atomic mass is 32.2. The van der Waals surface area contributed by atoms with E-state index in [0.29, 0.717) is 36.9 Å². The van der Waals surface area contributed by atoms with Gasteiger partial charge in [0.05, 0.1) is 0 Å². The van der Waals surface area contributed by atoms with E-state index in [9.17, 15) is 13.2 Å². The van der Waals surface area contributed by atoms with E-state index in [1.165, 1.54) is 15.6 Å². The van der Waals surface area contributed by atoms with Crippen molar-refractivity contribution in [3.8, 4) is 0 Å². The lowest BCUT2D eigenvalue weighted by molar-refractivity contribution is 0.172. The van der Waals surface area contributed by atoms with Crippen LogP contribution in [0.15, 0.2) is 16.3 Å². The summed E-state index contributed by atoms with van der Waals surface area (Å²) in [6, 6.07) is 3.44. The van der Waals surface area contributed by atoms with Crippen LogP contribution in [0.2, 0.25) is 0 Å². The van der Waals surface area contributed by atoms with Crippen molar-refractivity contribution in [3.05, 3.63) is 17.0 Å². The number of amides is 2. The van der Waals surface area contributed by atoms with Crippen molar-refractivity contribution >= 4 is 27.4 Å². The summed E-state index contributed by atoms with van der Waals surface area (Å²) < 4.78 is 27.0. The molecule has 0 atom stereocenters. The lowest BCUT2D eigenvalue weighted by Gasteiger charge is -2.33. The normalized spacial score (nSPS) is 16.7. The van der Waals surface area contributed by atoms with Crippen molar-refractivity contribution in [3.63, 3.8) is 0 Å². The highest BCUT2D eigenvalue weighted by Gasteiger charge is 2.30. The van der Waals surface area contributed by atoms with Crippen LogP contribution in [0.5, 0.6) is 0 Å². The van der Waals surface area contributed by atoms with Crippen LogP contribution in [0.4, 0.5) is 4.79 Å². The fraction of sp³-hybridized carbons (Fsp3) is 0.643. The molecule has 1 aromatic heterocycles. The monoisotopic (exact) mass is 345 g/mol. The molecule has 0 spiro atoms. The number of hydrogen-bond acceptors (Lipinski definition) is 4. The van der Waals surface area contributed by atoms with E-state index in [4.69, 9.17) is 0 Å². The van der Waals surface area contributed by atoms with Gasteiger partial charge in [-0.25, -0.2) is 13.2 Å². The number of urea groups is 1. The van der Waals surface area contributed by atoms with Crippen LogP contribution in [0, 0.1) is 0 Å². The molecule has 1 aromatic rings. The molecule has 8 heteroatoms. The summed E-state index contributed by atoms with van der Waals surface area (Å²) in [5.41, 5.74) is 0. The smallest absolute Gasteiger partial charge is 0.317 e. The Morgan fingerprint density at radius 1 is 1.23 bits per heavy atom. The molecule has 1 fully saturated rings. The van der Waals surface area contributed by atoms with Crippen LogP contribution in [-0.4, -0.2) is 56.4 Å². The van der Waals surface area contributed by atoms with Crippen LogP contribution in [0.1, 0.15) is 25.1 Å². The quantitative estimate of drug-likeness (QED) is 0.884. The van der Waals surface area contributed by atoms with Gasteiger partial charge in [0.25, 0.3) is 10.0 Å². The van der Waals surface area contributed by atoms with Gasteiger partial charge in [0.15, 0.2) is 0 Å². The second-order valence-corrected chi connectivity index (χ2v) is 8.53. The number of hydrogen-bond donors (Lipinski definition) is 1. The number of aryl methyl sites for hydroxylation is 1. The standard InChI is InChI=1S/C14H23N3O3S2/c1-3-7-15-14(18)16-8-10-17(11-9-16)22(19,20)13-6-5-12(4-2)21-13/h5-6H,3-4,7-11H2,1-2H3,(H,15,18). The van der Waals surface area contributed by atoms with Crippen molar-refractivity contribution in [2.75, 3.05) is 32.7 Å². The van der Waals surface area contributed by atoms with E-state index < -0.39 is 10.0 Å². The largest absolute Gasteiger partial charge is 0.338 e. The summed E-state index contributed by atoms with van der Waals surface area (Å²) in [6.45, 7) is 6.21. The predicted octanol–water partition coefficient (Wildman–Crippen LogP) is 1.74. The minimum atomic E-state index is -3.42. The van der Waals surface area contributed by atoms with Crippen molar-refractivity contribution < 1.29 is 13.2 Å². The highest BCUT2D eigenvalue weighted by Crippen LogP contribution is 2.26. The molecule has 0 bridgehead atoms. The summed E-state index contributed by atoms with van der Waals surface area (Å²) in [4.78, 5) is 14.6. The third-order valence-corrected chi connectivity index (χ3v) is 7.23. The third-order valence-electron chi connectivity index (χ3n) is 3.63. The number of carbonyl (C=O) groups is 1. The average Bonchev–Trinajstić information content (AvgIpc) is 3.02. The van der Waals surface area contributed by atoms with Crippen LogP contribution in [0.25, 0.3) is 0 Å². The molecule has 2 amide bonds. The van der Waals surface area contributed by atoms with Gasteiger partial charge in [0.2, 0.25) is 0 Å². The lowest BCUT2D eigenvalue weighted by atomic mass is 10.4. The second-order valence-electron chi connectivity index (χ2n) is 5.20. The molecule has 0 radical (unpaired) electrons. The van der Waals surface area contributed by atoms with Gasteiger partial charge >= 0.3 is 6.03 Å². The van der Waals surface area contributed by atoms with Gasteiger partial charge in [0.1, 0.15) is 4.21 Å². The highest BCUT2D eigenvalue weighted by molar-refractivity contribution is 7.91. The summed E-state index contributed by atoms with van der Waals surface area (Å²) in [7, 11) is -3.42. The maximum absolute atomic E-state index is 12.6. The minimum absolute atomic E-state index is 0.108.